The van der Waals surface area contributed by atoms with Crippen LogP contribution in [0.15, 0.2) is 43.6 Å². The second-order valence-electron chi connectivity index (χ2n) is 4.76. The molecule has 1 aromatic heterocycles. The summed E-state index contributed by atoms with van der Waals surface area (Å²) >= 11 is 0. The fraction of sp³-hybridized carbons (Fsp3) is 0.400. The second-order valence-corrected chi connectivity index (χ2v) is 4.76. The predicted molar refractivity (Wildman–Crippen MR) is 76.4 cm³/mol. The highest BCUT2D eigenvalue weighted by molar-refractivity contribution is 5.72. The Kier molecular flexibility index (Phi) is 4.15. The van der Waals surface area contributed by atoms with Crippen molar-refractivity contribution in [3.05, 3.63) is 49.3 Å². The van der Waals surface area contributed by atoms with E-state index in [9.17, 15) is 0 Å². The Hall–Kier alpha value is -1.61. The van der Waals surface area contributed by atoms with Gasteiger partial charge in [-0.05, 0) is 44.6 Å². The number of likely N-dealkylation sites (tertiary alicyclic amines) is 1. The summed E-state index contributed by atoms with van der Waals surface area (Å²) in [4.78, 5) is 2.37. The second kappa shape index (κ2) is 5.83. The van der Waals surface area contributed by atoms with E-state index in [0.29, 0.717) is 6.04 Å². The average molecular weight is 243 g/mol. The van der Waals surface area contributed by atoms with Gasteiger partial charge in [0.05, 0.1) is 11.7 Å². The minimum atomic E-state index is 0.499. The summed E-state index contributed by atoms with van der Waals surface area (Å²) in [6.07, 6.45) is 9.82. The van der Waals surface area contributed by atoms with E-state index in [0.717, 1.165) is 37.2 Å². The van der Waals surface area contributed by atoms with Crippen LogP contribution in [0.2, 0.25) is 0 Å². The topological polar surface area (TPSA) is 21.1 Å². The third kappa shape index (κ3) is 2.62. The number of rotatable bonds is 4. The van der Waals surface area contributed by atoms with Crippen LogP contribution < -0.4 is 0 Å². The molecule has 0 bridgehead atoms. The lowest BCUT2D eigenvalue weighted by Gasteiger charge is -2.30. The lowest BCUT2D eigenvalue weighted by molar-refractivity contribution is 0.211. The molecule has 2 rings (SSSR count). The van der Waals surface area contributed by atoms with Crippen molar-refractivity contribution >= 4 is 5.57 Å². The minimum absolute atomic E-state index is 0.499. The van der Waals surface area contributed by atoms with Crippen molar-refractivity contribution < 1.29 is 0 Å². The number of allylic oxidation sites excluding steroid dienone is 4. The number of aromatic nitrogens is 2. The molecule has 18 heavy (non-hydrogen) atoms. The quantitative estimate of drug-likeness (QED) is 0.758. The molecule has 1 aliphatic heterocycles. The molecule has 0 amide bonds. The molecule has 1 aromatic rings. The molecule has 0 spiro atoms. The first-order chi connectivity index (χ1) is 8.76. The van der Waals surface area contributed by atoms with Gasteiger partial charge in [0.2, 0.25) is 0 Å². The Labute approximate surface area is 109 Å². The molecule has 0 aliphatic carbocycles. The van der Waals surface area contributed by atoms with Gasteiger partial charge in [-0.25, -0.2) is 0 Å². The molecule has 96 valence electrons. The van der Waals surface area contributed by atoms with Gasteiger partial charge in [-0.1, -0.05) is 31.4 Å². The minimum Gasteiger partial charge on any atom is -0.306 e. The SMILES string of the molecule is C=CC=C(C=C)c1ccnn1C1CCN(C)CC1. The molecule has 1 saturated heterocycles. The van der Waals surface area contributed by atoms with E-state index in [1.165, 1.54) is 0 Å². The number of hydrogen-bond acceptors (Lipinski definition) is 2. The van der Waals surface area contributed by atoms with Gasteiger partial charge in [-0.2, -0.15) is 5.10 Å². The van der Waals surface area contributed by atoms with E-state index >= 15 is 0 Å². The van der Waals surface area contributed by atoms with Crippen LogP contribution in [-0.4, -0.2) is 34.8 Å². The Morgan fingerprint density at radius 1 is 1.39 bits per heavy atom. The first kappa shape index (κ1) is 12.8. The van der Waals surface area contributed by atoms with Crippen LogP contribution in [0, 0.1) is 0 Å². The van der Waals surface area contributed by atoms with Crippen molar-refractivity contribution in [1.82, 2.24) is 14.7 Å². The summed E-state index contributed by atoms with van der Waals surface area (Å²) in [5, 5.41) is 4.49. The molecule has 1 aliphatic rings. The van der Waals surface area contributed by atoms with Crippen LogP contribution in [0.25, 0.3) is 5.57 Å². The fourth-order valence-electron chi connectivity index (χ4n) is 2.46. The van der Waals surface area contributed by atoms with Gasteiger partial charge in [-0.3, -0.25) is 4.68 Å². The van der Waals surface area contributed by atoms with Crippen LogP contribution in [0.3, 0.4) is 0 Å². The van der Waals surface area contributed by atoms with Crippen LogP contribution in [-0.2, 0) is 0 Å². The van der Waals surface area contributed by atoms with Gasteiger partial charge in [0.15, 0.2) is 0 Å². The summed E-state index contributed by atoms with van der Waals surface area (Å²) < 4.78 is 2.14. The molecule has 0 radical (unpaired) electrons. The Morgan fingerprint density at radius 2 is 2.11 bits per heavy atom. The predicted octanol–water partition coefficient (Wildman–Crippen LogP) is 2.91. The van der Waals surface area contributed by atoms with Crippen LogP contribution >= 0.6 is 0 Å². The van der Waals surface area contributed by atoms with Crippen LogP contribution in [0.1, 0.15) is 24.6 Å². The highest BCUT2D eigenvalue weighted by atomic mass is 15.3. The van der Waals surface area contributed by atoms with E-state index in [-0.39, 0.29) is 0 Å². The van der Waals surface area contributed by atoms with E-state index in [1.54, 1.807) is 6.08 Å². The van der Waals surface area contributed by atoms with Crippen molar-refractivity contribution in [3.8, 4) is 0 Å². The smallest absolute Gasteiger partial charge is 0.0685 e. The summed E-state index contributed by atoms with van der Waals surface area (Å²) in [6, 6.07) is 2.55. The van der Waals surface area contributed by atoms with Crippen LogP contribution in [0.4, 0.5) is 0 Å². The van der Waals surface area contributed by atoms with Crippen molar-refractivity contribution in [1.29, 1.82) is 0 Å². The van der Waals surface area contributed by atoms with Gasteiger partial charge in [-0.15, -0.1) is 0 Å². The van der Waals surface area contributed by atoms with E-state index < -0.39 is 0 Å². The van der Waals surface area contributed by atoms with E-state index in [2.05, 4.69) is 41.0 Å². The van der Waals surface area contributed by atoms with Crippen molar-refractivity contribution in [3.63, 3.8) is 0 Å². The third-order valence-corrected chi connectivity index (χ3v) is 3.52. The first-order valence-corrected chi connectivity index (χ1v) is 6.44. The Balaban J connectivity index is 2.24. The maximum absolute atomic E-state index is 4.49. The van der Waals surface area contributed by atoms with Gasteiger partial charge in [0.1, 0.15) is 0 Å². The molecule has 2 heterocycles. The lowest BCUT2D eigenvalue weighted by Crippen LogP contribution is -2.32. The number of hydrogen-bond donors (Lipinski definition) is 0. The van der Waals surface area contributed by atoms with Crippen molar-refractivity contribution in [2.24, 2.45) is 0 Å². The molecule has 1 fully saturated rings. The lowest BCUT2D eigenvalue weighted by atomic mass is 10.0. The molecule has 0 atom stereocenters. The molecule has 0 saturated carbocycles. The summed E-state index contributed by atoms with van der Waals surface area (Å²) in [7, 11) is 2.17. The zero-order chi connectivity index (χ0) is 13.0. The van der Waals surface area contributed by atoms with Gasteiger partial charge >= 0.3 is 0 Å². The standard InChI is InChI=1S/C15H21N3/c1-4-6-13(5-2)15-7-10-16-18(15)14-8-11-17(3)12-9-14/h4-7,10,14H,1-2,8-9,11-12H2,3H3. The normalized spacial score (nSPS) is 18.8. The zero-order valence-electron chi connectivity index (χ0n) is 11.0. The molecule has 0 unspecified atom stereocenters. The maximum Gasteiger partial charge on any atom is 0.0685 e. The largest absolute Gasteiger partial charge is 0.306 e. The molecule has 0 aromatic carbocycles. The fourth-order valence-corrected chi connectivity index (χ4v) is 2.46. The first-order valence-electron chi connectivity index (χ1n) is 6.44. The number of piperidine rings is 1. The van der Waals surface area contributed by atoms with Gasteiger partial charge in [0.25, 0.3) is 0 Å². The molecular weight excluding hydrogens is 222 g/mol. The summed E-state index contributed by atoms with van der Waals surface area (Å²) in [6.45, 7) is 9.89. The Morgan fingerprint density at radius 3 is 2.72 bits per heavy atom. The van der Waals surface area contributed by atoms with Crippen molar-refractivity contribution in [2.45, 2.75) is 18.9 Å². The highest BCUT2D eigenvalue weighted by Gasteiger charge is 2.21. The average Bonchev–Trinajstić information content (AvgIpc) is 2.86. The highest BCUT2D eigenvalue weighted by Crippen LogP contribution is 2.26. The third-order valence-electron chi connectivity index (χ3n) is 3.52. The molecule has 0 N–H and O–H groups in total. The molecule has 3 heteroatoms. The van der Waals surface area contributed by atoms with Crippen LogP contribution in [0.5, 0.6) is 0 Å². The monoisotopic (exact) mass is 243 g/mol. The number of nitrogens with zero attached hydrogens (tertiary/aromatic N) is 3. The molecule has 3 nitrogen and oxygen atoms in total. The summed E-state index contributed by atoms with van der Waals surface area (Å²) in [5.74, 6) is 0. The van der Waals surface area contributed by atoms with Gasteiger partial charge < -0.3 is 4.90 Å². The molecular formula is C15H21N3. The zero-order valence-corrected chi connectivity index (χ0v) is 11.0. The van der Waals surface area contributed by atoms with Crippen molar-refractivity contribution in [2.75, 3.05) is 20.1 Å². The van der Waals surface area contributed by atoms with E-state index in [1.807, 2.05) is 18.3 Å². The Bertz CT molecular complexity index is 448. The van der Waals surface area contributed by atoms with Gasteiger partial charge in [0, 0.05) is 6.20 Å². The van der Waals surface area contributed by atoms with E-state index in [4.69, 9.17) is 0 Å². The summed E-state index contributed by atoms with van der Waals surface area (Å²) in [5.41, 5.74) is 2.22. The maximum atomic E-state index is 4.49.